The van der Waals surface area contributed by atoms with Crippen LogP contribution in [0.3, 0.4) is 0 Å². The zero-order valence-electron chi connectivity index (χ0n) is 18.0. The van der Waals surface area contributed by atoms with Gasteiger partial charge in [0.2, 0.25) is 5.91 Å². The number of amides is 2. The van der Waals surface area contributed by atoms with Gasteiger partial charge < -0.3 is 15.4 Å². The van der Waals surface area contributed by atoms with E-state index < -0.39 is 11.5 Å². The maximum atomic E-state index is 13.2. The van der Waals surface area contributed by atoms with E-state index in [0.717, 1.165) is 11.3 Å². The summed E-state index contributed by atoms with van der Waals surface area (Å²) in [5.74, 6) is -0.122. The number of rotatable bonds is 7. The predicted octanol–water partition coefficient (Wildman–Crippen LogP) is 2.21. The highest BCUT2D eigenvalue weighted by Crippen LogP contribution is 2.38. The average Bonchev–Trinajstić information content (AvgIpc) is 3.04. The minimum atomic E-state index is -0.853. The summed E-state index contributed by atoms with van der Waals surface area (Å²) in [6, 6.07) is 14.7. The molecule has 2 unspecified atom stereocenters. The number of fused-ring (bicyclic) bond motifs is 1. The number of hydrogen-bond acceptors (Lipinski definition) is 5. The summed E-state index contributed by atoms with van der Waals surface area (Å²) in [4.78, 5) is 27.9. The smallest absolute Gasteiger partial charge is 0.256 e. The fourth-order valence-corrected chi connectivity index (χ4v) is 4.41. The lowest BCUT2D eigenvalue weighted by molar-refractivity contribution is -0.140. The molecule has 32 heavy (non-hydrogen) atoms. The highest BCUT2D eigenvalue weighted by molar-refractivity contribution is 6.13. The van der Waals surface area contributed by atoms with Crippen molar-refractivity contribution in [2.24, 2.45) is 16.3 Å². The minimum Gasteiger partial charge on any atom is -0.494 e. The Bertz CT molecular complexity index is 1010. The normalized spacial score (nSPS) is 21.2. The van der Waals surface area contributed by atoms with Crippen molar-refractivity contribution < 1.29 is 18.7 Å². The van der Waals surface area contributed by atoms with Crippen molar-refractivity contribution >= 4 is 17.5 Å². The maximum absolute atomic E-state index is 13.2. The molecule has 168 valence electrons. The van der Waals surface area contributed by atoms with Crippen LogP contribution in [0.15, 0.2) is 59.7 Å². The van der Waals surface area contributed by atoms with Crippen LogP contribution in [-0.2, 0) is 16.0 Å². The SMILES string of the molecule is CN1N=C2CCN(C(=O)C(N)CCOc3ccc(F)cc3)CC2(Cc2ccccc2)C1=O. The van der Waals surface area contributed by atoms with Crippen molar-refractivity contribution in [1.29, 1.82) is 0 Å². The van der Waals surface area contributed by atoms with Gasteiger partial charge in [0.25, 0.3) is 5.91 Å². The van der Waals surface area contributed by atoms with Gasteiger partial charge in [-0.15, -0.1) is 0 Å². The zero-order chi connectivity index (χ0) is 22.7. The van der Waals surface area contributed by atoms with Crippen LogP contribution in [-0.4, -0.2) is 60.2 Å². The van der Waals surface area contributed by atoms with E-state index in [0.29, 0.717) is 31.6 Å². The molecule has 2 aliphatic rings. The van der Waals surface area contributed by atoms with Gasteiger partial charge in [-0.25, -0.2) is 9.40 Å². The van der Waals surface area contributed by atoms with Gasteiger partial charge in [-0.2, -0.15) is 5.10 Å². The first kappa shape index (κ1) is 22.0. The molecule has 7 nitrogen and oxygen atoms in total. The fourth-order valence-electron chi connectivity index (χ4n) is 4.41. The van der Waals surface area contributed by atoms with E-state index >= 15 is 0 Å². The van der Waals surface area contributed by atoms with Crippen LogP contribution in [0.1, 0.15) is 18.4 Å². The Morgan fingerprint density at radius 3 is 2.66 bits per heavy atom. The van der Waals surface area contributed by atoms with Crippen LogP contribution < -0.4 is 10.5 Å². The average molecular weight is 439 g/mol. The van der Waals surface area contributed by atoms with Crippen LogP contribution in [0.5, 0.6) is 5.75 Å². The van der Waals surface area contributed by atoms with Gasteiger partial charge in [-0.3, -0.25) is 9.59 Å². The molecule has 2 aliphatic heterocycles. The topological polar surface area (TPSA) is 88.2 Å². The van der Waals surface area contributed by atoms with Crippen LogP contribution in [0, 0.1) is 11.2 Å². The molecule has 0 saturated carbocycles. The molecule has 2 aromatic carbocycles. The van der Waals surface area contributed by atoms with E-state index in [4.69, 9.17) is 10.5 Å². The predicted molar refractivity (Wildman–Crippen MR) is 118 cm³/mol. The number of halogens is 1. The van der Waals surface area contributed by atoms with Crippen LogP contribution in [0.2, 0.25) is 0 Å². The highest BCUT2D eigenvalue weighted by Gasteiger charge is 2.53. The Balaban J connectivity index is 1.42. The van der Waals surface area contributed by atoms with Gasteiger partial charge in [0, 0.05) is 33.0 Å². The molecule has 2 atom stereocenters. The number of likely N-dealkylation sites (tertiary alicyclic amines) is 1. The third-order valence-corrected chi connectivity index (χ3v) is 6.09. The molecule has 1 fully saturated rings. The van der Waals surface area contributed by atoms with E-state index in [1.54, 1.807) is 11.9 Å². The number of nitrogens with two attached hydrogens (primary N) is 1. The Hall–Kier alpha value is -3.26. The lowest BCUT2D eigenvalue weighted by Crippen LogP contribution is -2.58. The van der Waals surface area contributed by atoms with Crippen LogP contribution in [0.25, 0.3) is 0 Å². The summed E-state index contributed by atoms with van der Waals surface area (Å²) in [5.41, 5.74) is 7.17. The van der Waals surface area contributed by atoms with Gasteiger partial charge in [0.15, 0.2) is 0 Å². The first-order valence-electron chi connectivity index (χ1n) is 10.7. The number of carbonyl (C=O) groups excluding carboxylic acids is 2. The highest BCUT2D eigenvalue weighted by atomic mass is 19.1. The number of ether oxygens (including phenoxy) is 1. The third kappa shape index (κ3) is 4.36. The van der Waals surface area contributed by atoms with Gasteiger partial charge in [0.05, 0.1) is 18.4 Å². The molecule has 8 heteroatoms. The molecule has 0 bridgehead atoms. The van der Waals surface area contributed by atoms with E-state index in [9.17, 15) is 14.0 Å². The van der Waals surface area contributed by atoms with Gasteiger partial charge in [0.1, 0.15) is 17.0 Å². The quantitative estimate of drug-likeness (QED) is 0.718. The van der Waals surface area contributed by atoms with E-state index in [2.05, 4.69) is 5.10 Å². The van der Waals surface area contributed by atoms with Crippen molar-refractivity contribution in [2.45, 2.75) is 25.3 Å². The second-order valence-corrected chi connectivity index (χ2v) is 8.33. The third-order valence-electron chi connectivity index (χ3n) is 6.09. The first-order chi connectivity index (χ1) is 15.4. The first-order valence-corrected chi connectivity index (χ1v) is 10.7. The Labute approximate surface area is 186 Å². The summed E-state index contributed by atoms with van der Waals surface area (Å²) in [6.45, 7) is 0.965. The zero-order valence-corrected chi connectivity index (χ0v) is 18.0. The molecule has 2 N–H and O–H groups in total. The monoisotopic (exact) mass is 438 g/mol. The summed E-state index contributed by atoms with van der Waals surface area (Å²) in [5, 5.41) is 5.86. The number of carbonyl (C=O) groups is 2. The Morgan fingerprint density at radius 2 is 1.94 bits per heavy atom. The van der Waals surface area contributed by atoms with E-state index in [1.807, 2.05) is 30.3 Å². The second kappa shape index (κ2) is 9.08. The molecular formula is C24H27FN4O3. The molecule has 2 aromatic rings. The van der Waals surface area contributed by atoms with Crippen LogP contribution >= 0.6 is 0 Å². The molecular weight excluding hydrogens is 411 g/mol. The summed E-state index contributed by atoms with van der Waals surface area (Å²) >= 11 is 0. The molecule has 1 saturated heterocycles. The lowest BCUT2D eigenvalue weighted by Gasteiger charge is -2.40. The molecule has 0 radical (unpaired) electrons. The van der Waals surface area contributed by atoms with Crippen molar-refractivity contribution in [3.63, 3.8) is 0 Å². The molecule has 0 spiro atoms. The molecule has 2 amide bonds. The number of hydrazone groups is 1. The Morgan fingerprint density at radius 1 is 1.22 bits per heavy atom. The van der Waals surface area contributed by atoms with Gasteiger partial charge >= 0.3 is 0 Å². The lowest BCUT2D eigenvalue weighted by atomic mass is 9.73. The minimum absolute atomic E-state index is 0.0953. The molecule has 2 heterocycles. The van der Waals surface area contributed by atoms with Crippen LogP contribution in [0.4, 0.5) is 4.39 Å². The number of piperidine rings is 1. The van der Waals surface area contributed by atoms with Crippen molar-refractivity contribution in [3.8, 4) is 5.75 Å². The fraction of sp³-hybridized carbons (Fsp3) is 0.375. The van der Waals surface area contributed by atoms with Crippen molar-refractivity contribution in [2.75, 3.05) is 26.7 Å². The molecule has 0 aromatic heterocycles. The number of hydrogen-bond donors (Lipinski definition) is 1. The van der Waals surface area contributed by atoms with E-state index in [-0.39, 0.29) is 30.8 Å². The van der Waals surface area contributed by atoms with E-state index in [1.165, 1.54) is 29.3 Å². The number of benzene rings is 2. The Kier molecular flexibility index (Phi) is 6.23. The largest absolute Gasteiger partial charge is 0.494 e. The van der Waals surface area contributed by atoms with Gasteiger partial charge in [-0.1, -0.05) is 30.3 Å². The van der Waals surface area contributed by atoms with Gasteiger partial charge in [-0.05, 0) is 36.2 Å². The van der Waals surface area contributed by atoms with Crippen molar-refractivity contribution in [3.05, 3.63) is 66.0 Å². The molecule has 0 aliphatic carbocycles. The molecule has 4 rings (SSSR count). The number of nitrogens with zero attached hydrogens (tertiary/aromatic N) is 3. The summed E-state index contributed by atoms with van der Waals surface area (Å²) < 4.78 is 18.6. The van der Waals surface area contributed by atoms with Crippen molar-refractivity contribution in [1.82, 2.24) is 9.91 Å². The summed E-state index contributed by atoms with van der Waals surface area (Å²) in [6.07, 6.45) is 1.34. The second-order valence-electron chi connectivity index (χ2n) is 8.33. The standard InChI is InChI=1S/C24H27FN4O3/c1-28-23(31)24(15-17-5-3-2-4-6-17)16-29(13-11-21(24)27-28)22(30)20(26)12-14-32-19-9-7-18(25)8-10-19/h2-10,20H,11-16,26H2,1H3. The summed E-state index contributed by atoms with van der Waals surface area (Å²) in [7, 11) is 1.66. The maximum Gasteiger partial charge on any atom is 0.256 e.